The SMILES string of the molecule is C=C1[C@@H](OCOC)CC[C@@]2(C)C=C[C@@]3(C)C(=O)C=C[C@@H](C[C@H]12)C3(C)C. The van der Waals surface area contributed by atoms with E-state index < -0.39 is 5.41 Å². The third kappa shape index (κ3) is 2.76. The highest BCUT2D eigenvalue weighted by atomic mass is 16.7. The highest BCUT2D eigenvalue weighted by Gasteiger charge is 2.54. The number of allylic oxidation sites excluding steroid dienone is 4. The van der Waals surface area contributed by atoms with Crippen LogP contribution in [0.4, 0.5) is 0 Å². The molecule has 0 amide bonds. The van der Waals surface area contributed by atoms with E-state index in [0.29, 0.717) is 18.6 Å². The molecule has 0 aromatic rings. The average molecular weight is 344 g/mol. The van der Waals surface area contributed by atoms with E-state index in [1.54, 1.807) is 13.2 Å². The van der Waals surface area contributed by atoms with E-state index in [1.165, 1.54) is 5.57 Å². The Hall–Kier alpha value is -1.19. The van der Waals surface area contributed by atoms with Gasteiger partial charge in [0.05, 0.1) is 11.5 Å². The Morgan fingerprint density at radius 3 is 2.64 bits per heavy atom. The van der Waals surface area contributed by atoms with Gasteiger partial charge in [0.15, 0.2) is 5.78 Å². The van der Waals surface area contributed by atoms with E-state index >= 15 is 0 Å². The van der Waals surface area contributed by atoms with Crippen molar-refractivity contribution in [3.05, 3.63) is 36.5 Å². The molecule has 0 N–H and O–H groups in total. The third-order valence-electron chi connectivity index (χ3n) is 7.53. The quantitative estimate of drug-likeness (QED) is 0.550. The number of carbonyl (C=O) groups is 1. The summed E-state index contributed by atoms with van der Waals surface area (Å²) in [5.41, 5.74) is 0.661. The second-order valence-corrected chi connectivity index (χ2v) is 9.06. The minimum atomic E-state index is -0.439. The van der Waals surface area contributed by atoms with Gasteiger partial charge < -0.3 is 9.47 Å². The minimum Gasteiger partial charge on any atom is -0.359 e. The zero-order valence-electron chi connectivity index (χ0n) is 16.3. The second kappa shape index (κ2) is 6.21. The molecule has 1 saturated carbocycles. The summed E-state index contributed by atoms with van der Waals surface area (Å²) in [6.45, 7) is 13.6. The van der Waals surface area contributed by atoms with Gasteiger partial charge in [-0.1, -0.05) is 45.6 Å². The van der Waals surface area contributed by atoms with Gasteiger partial charge in [0, 0.05) is 7.11 Å². The summed E-state index contributed by atoms with van der Waals surface area (Å²) in [6, 6.07) is 0. The molecule has 2 bridgehead atoms. The van der Waals surface area contributed by atoms with Gasteiger partial charge in [0.1, 0.15) is 6.79 Å². The molecular formula is C22H32O3. The molecule has 0 aromatic carbocycles. The molecule has 3 aliphatic carbocycles. The maximum atomic E-state index is 12.7. The Balaban J connectivity index is 2.00. The zero-order chi connectivity index (χ0) is 18.5. The standard InChI is InChI=1S/C22H32O3/c1-15-17-13-16-7-8-19(23)22(5,20(16,2)3)12-11-21(17,4)10-9-18(15)25-14-24-6/h7-8,11-12,16-18H,1,9-10,13-14H2,2-6H3/t16-,17+,18-,21-,22-/m0/s1. The average Bonchev–Trinajstić information content (AvgIpc) is 2.56. The molecule has 3 aliphatic rings. The summed E-state index contributed by atoms with van der Waals surface area (Å²) >= 11 is 0. The van der Waals surface area contributed by atoms with Crippen LogP contribution in [0.15, 0.2) is 36.5 Å². The molecule has 0 aromatic heterocycles. The van der Waals surface area contributed by atoms with E-state index in [1.807, 2.05) is 0 Å². The molecule has 0 spiro atoms. The zero-order valence-corrected chi connectivity index (χ0v) is 16.3. The summed E-state index contributed by atoms with van der Waals surface area (Å²) in [4.78, 5) is 12.7. The number of ketones is 1. The number of rotatable bonds is 3. The Kier molecular flexibility index (Phi) is 4.62. The third-order valence-corrected chi connectivity index (χ3v) is 7.53. The van der Waals surface area contributed by atoms with E-state index in [4.69, 9.17) is 9.47 Å². The smallest absolute Gasteiger partial charge is 0.165 e. The van der Waals surface area contributed by atoms with Crippen molar-refractivity contribution in [2.45, 2.75) is 53.1 Å². The molecule has 0 saturated heterocycles. The first-order valence-electron chi connectivity index (χ1n) is 9.38. The van der Waals surface area contributed by atoms with Crippen molar-refractivity contribution in [3.63, 3.8) is 0 Å². The Morgan fingerprint density at radius 2 is 1.96 bits per heavy atom. The van der Waals surface area contributed by atoms with Gasteiger partial charge in [0.25, 0.3) is 0 Å². The Labute approximate surface area is 152 Å². The number of hydrogen-bond donors (Lipinski definition) is 0. The van der Waals surface area contributed by atoms with E-state index in [-0.39, 0.29) is 22.7 Å². The summed E-state index contributed by atoms with van der Waals surface area (Å²) in [5, 5.41) is 0. The molecule has 3 heteroatoms. The highest BCUT2D eigenvalue weighted by molar-refractivity contribution is 5.97. The van der Waals surface area contributed by atoms with Crippen LogP contribution in [0.25, 0.3) is 0 Å². The lowest BCUT2D eigenvalue weighted by molar-refractivity contribution is -0.129. The molecule has 0 unspecified atom stereocenters. The van der Waals surface area contributed by atoms with Crippen molar-refractivity contribution in [1.82, 2.24) is 0 Å². The predicted molar refractivity (Wildman–Crippen MR) is 100 cm³/mol. The number of methoxy groups -OCH3 is 1. The normalized spacial score (nSPS) is 42.7. The maximum absolute atomic E-state index is 12.7. The second-order valence-electron chi connectivity index (χ2n) is 9.06. The number of hydrogen-bond acceptors (Lipinski definition) is 3. The highest BCUT2D eigenvalue weighted by Crippen LogP contribution is 2.58. The Morgan fingerprint density at radius 1 is 1.24 bits per heavy atom. The van der Waals surface area contributed by atoms with Crippen molar-refractivity contribution < 1.29 is 14.3 Å². The van der Waals surface area contributed by atoms with Crippen LogP contribution in [0.1, 0.15) is 47.0 Å². The lowest BCUT2D eigenvalue weighted by atomic mass is 9.49. The largest absolute Gasteiger partial charge is 0.359 e. The first-order valence-corrected chi connectivity index (χ1v) is 9.38. The summed E-state index contributed by atoms with van der Waals surface area (Å²) in [5.74, 6) is 0.927. The summed E-state index contributed by atoms with van der Waals surface area (Å²) in [6.07, 6.45) is 11.5. The van der Waals surface area contributed by atoms with Gasteiger partial charge in [-0.25, -0.2) is 0 Å². The van der Waals surface area contributed by atoms with Crippen molar-refractivity contribution in [2.24, 2.45) is 28.1 Å². The fourth-order valence-electron chi connectivity index (χ4n) is 5.01. The first kappa shape index (κ1) is 18.6. The van der Waals surface area contributed by atoms with Crippen LogP contribution in [0.3, 0.4) is 0 Å². The summed E-state index contributed by atoms with van der Waals surface area (Å²) in [7, 11) is 1.65. The van der Waals surface area contributed by atoms with Crippen LogP contribution in [-0.4, -0.2) is 25.8 Å². The van der Waals surface area contributed by atoms with Crippen molar-refractivity contribution >= 4 is 5.78 Å². The molecule has 0 aliphatic heterocycles. The molecule has 0 heterocycles. The minimum absolute atomic E-state index is 0.0332. The molecule has 138 valence electrons. The van der Waals surface area contributed by atoms with Crippen molar-refractivity contribution in [2.75, 3.05) is 13.9 Å². The van der Waals surface area contributed by atoms with Crippen LogP contribution in [0, 0.1) is 28.1 Å². The predicted octanol–water partition coefficient (Wildman–Crippen LogP) is 4.70. The van der Waals surface area contributed by atoms with Gasteiger partial charge in [-0.2, -0.15) is 0 Å². The molecule has 1 fully saturated rings. The molecule has 3 rings (SSSR count). The first-order chi connectivity index (χ1) is 11.7. The maximum Gasteiger partial charge on any atom is 0.165 e. The van der Waals surface area contributed by atoms with E-state index in [9.17, 15) is 4.79 Å². The van der Waals surface area contributed by atoms with Crippen LogP contribution in [-0.2, 0) is 14.3 Å². The fraction of sp³-hybridized carbons (Fsp3) is 0.682. The van der Waals surface area contributed by atoms with Crippen LogP contribution in [0.5, 0.6) is 0 Å². The van der Waals surface area contributed by atoms with E-state index in [2.05, 4.69) is 52.5 Å². The van der Waals surface area contributed by atoms with Crippen molar-refractivity contribution in [3.8, 4) is 0 Å². The lowest BCUT2D eigenvalue weighted by Crippen LogP contribution is -2.51. The fourth-order valence-corrected chi connectivity index (χ4v) is 5.01. The molecular weight excluding hydrogens is 312 g/mol. The number of fused-ring (bicyclic) bond motifs is 3. The summed E-state index contributed by atoms with van der Waals surface area (Å²) < 4.78 is 11.0. The van der Waals surface area contributed by atoms with Crippen LogP contribution in [0.2, 0.25) is 0 Å². The molecule has 0 radical (unpaired) electrons. The Bertz CT molecular complexity index is 629. The van der Waals surface area contributed by atoms with Gasteiger partial charge in [-0.05, 0) is 60.5 Å². The van der Waals surface area contributed by atoms with Crippen LogP contribution >= 0.6 is 0 Å². The van der Waals surface area contributed by atoms with Crippen molar-refractivity contribution in [1.29, 1.82) is 0 Å². The van der Waals surface area contributed by atoms with Gasteiger partial charge in [-0.15, -0.1) is 0 Å². The van der Waals surface area contributed by atoms with E-state index in [0.717, 1.165) is 19.3 Å². The van der Waals surface area contributed by atoms with Gasteiger partial charge >= 0.3 is 0 Å². The lowest BCUT2D eigenvalue weighted by Gasteiger charge is -2.54. The molecule has 3 nitrogen and oxygen atoms in total. The monoisotopic (exact) mass is 344 g/mol. The van der Waals surface area contributed by atoms with Gasteiger partial charge in [-0.3, -0.25) is 4.79 Å². The number of carbonyl (C=O) groups excluding carboxylic acids is 1. The van der Waals surface area contributed by atoms with Crippen LogP contribution < -0.4 is 0 Å². The topological polar surface area (TPSA) is 35.5 Å². The molecule has 25 heavy (non-hydrogen) atoms. The molecule has 5 atom stereocenters. The number of ether oxygens (including phenoxy) is 2. The van der Waals surface area contributed by atoms with Gasteiger partial charge in [0.2, 0.25) is 0 Å².